The number of carbonyl (C=O) groups is 2. The van der Waals surface area contributed by atoms with Crippen LogP contribution in [0.3, 0.4) is 0 Å². The summed E-state index contributed by atoms with van der Waals surface area (Å²) in [5.74, 6) is -0.462. The summed E-state index contributed by atoms with van der Waals surface area (Å²) in [6.45, 7) is 4.01. The Balaban J connectivity index is 1.59. The smallest absolute Gasteiger partial charge is 0.258 e. The van der Waals surface area contributed by atoms with Crippen LogP contribution in [0.1, 0.15) is 17.5 Å². The minimum Gasteiger partial charge on any atom is -0.483 e. The van der Waals surface area contributed by atoms with Gasteiger partial charge in [0.1, 0.15) is 17.6 Å². The molecule has 0 aliphatic carbocycles. The third-order valence-electron chi connectivity index (χ3n) is 4.44. The van der Waals surface area contributed by atoms with Crippen molar-refractivity contribution >= 4 is 17.5 Å². The summed E-state index contributed by atoms with van der Waals surface area (Å²) in [7, 11) is 0. The Morgan fingerprint density at radius 3 is 2.58 bits per heavy atom. The Morgan fingerprint density at radius 1 is 1.19 bits per heavy atom. The first kappa shape index (κ1) is 17.9. The Kier molecular flexibility index (Phi) is 5.21. The first-order valence-electron chi connectivity index (χ1n) is 8.51. The molecule has 0 bridgehead atoms. The quantitative estimate of drug-likeness (QED) is 0.896. The fourth-order valence-electron chi connectivity index (χ4n) is 3.12. The van der Waals surface area contributed by atoms with Gasteiger partial charge in [0.05, 0.1) is 5.69 Å². The van der Waals surface area contributed by atoms with Crippen molar-refractivity contribution in [2.24, 2.45) is 0 Å². The summed E-state index contributed by atoms with van der Waals surface area (Å²) in [6, 6.07) is 11.2. The van der Waals surface area contributed by atoms with Crippen LogP contribution in [-0.4, -0.2) is 31.0 Å². The Morgan fingerprint density at radius 2 is 1.88 bits per heavy atom. The molecule has 6 heteroatoms. The van der Waals surface area contributed by atoms with Crippen molar-refractivity contribution in [3.8, 4) is 5.75 Å². The number of nitrogens with one attached hydrogen (secondary N) is 1. The number of aryl methyl sites for hydroxylation is 2. The summed E-state index contributed by atoms with van der Waals surface area (Å²) in [4.78, 5) is 26.0. The van der Waals surface area contributed by atoms with E-state index in [1.54, 1.807) is 18.2 Å². The lowest BCUT2D eigenvalue weighted by Gasteiger charge is -2.18. The highest BCUT2D eigenvalue weighted by molar-refractivity contribution is 6.01. The molecule has 2 amide bonds. The normalized spacial score (nSPS) is 16.7. The van der Waals surface area contributed by atoms with Crippen LogP contribution >= 0.6 is 0 Å². The number of para-hydroxylation sites is 2. The number of halogens is 1. The second-order valence-electron chi connectivity index (χ2n) is 6.36. The second kappa shape index (κ2) is 7.56. The molecule has 0 aromatic heterocycles. The third-order valence-corrected chi connectivity index (χ3v) is 4.44. The Hall–Kier alpha value is -2.89. The molecule has 5 nitrogen and oxygen atoms in total. The average Bonchev–Trinajstić information content (AvgIpc) is 2.95. The van der Waals surface area contributed by atoms with Gasteiger partial charge in [0.15, 0.2) is 6.61 Å². The lowest BCUT2D eigenvalue weighted by Crippen LogP contribution is -2.43. The van der Waals surface area contributed by atoms with E-state index in [1.165, 1.54) is 11.0 Å². The third kappa shape index (κ3) is 3.69. The molecule has 0 radical (unpaired) electrons. The molecule has 3 rings (SSSR count). The molecule has 136 valence electrons. The number of hydrogen-bond donors (Lipinski definition) is 1. The summed E-state index contributed by atoms with van der Waals surface area (Å²) in [6.07, 6.45) is 0.433. The largest absolute Gasteiger partial charge is 0.483 e. The maximum atomic E-state index is 13.9. The van der Waals surface area contributed by atoms with E-state index in [9.17, 15) is 14.0 Å². The zero-order chi connectivity index (χ0) is 18.7. The van der Waals surface area contributed by atoms with Crippen molar-refractivity contribution in [2.75, 3.05) is 18.1 Å². The van der Waals surface area contributed by atoms with Gasteiger partial charge in [0, 0.05) is 6.54 Å². The van der Waals surface area contributed by atoms with Crippen LogP contribution in [0.5, 0.6) is 5.75 Å². The van der Waals surface area contributed by atoms with Gasteiger partial charge in [-0.3, -0.25) is 9.59 Å². The standard InChI is InChI=1S/C20H21FN2O3/c1-13-6-5-7-14(2)19(13)26-12-18(24)22-16-10-11-23(20(16)25)17-9-4-3-8-15(17)21/h3-9,16H,10-12H2,1-2H3,(H,22,24)/t16-/m1/s1. The first-order chi connectivity index (χ1) is 12.5. The van der Waals surface area contributed by atoms with Gasteiger partial charge in [-0.2, -0.15) is 0 Å². The van der Waals surface area contributed by atoms with Crippen LogP contribution in [0.2, 0.25) is 0 Å². The van der Waals surface area contributed by atoms with Crippen molar-refractivity contribution in [1.82, 2.24) is 5.32 Å². The van der Waals surface area contributed by atoms with Gasteiger partial charge in [0.2, 0.25) is 5.91 Å². The molecule has 0 unspecified atom stereocenters. The summed E-state index contributed by atoms with van der Waals surface area (Å²) in [5.41, 5.74) is 2.13. The van der Waals surface area contributed by atoms with E-state index in [-0.39, 0.29) is 24.1 Å². The predicted molar refractivity (Wildman–Crippen MR) is 96.7 cm³/mol. The Labute approximate surface area is 151 Å². The first-order valence-corrected chi connectivity index (χ1v) is 8.51. The molecule has 1 aliphatic rings. The Bertz CT molecular complexity index is 817. The van der Waals surface area contributed by atoms with Crippen molar-refractivity contribution in [2.45, 2.75) is 26.3 Å². The van der Waals surface area contributed by atoms with Crippen LogP contribution in [0.25, 0.3) is 0 Å². The molecule has 1 fully saturated rings. The van der Waals surface area contributed by atoms with E-state index in [2.05, 4.69) is 5.32 Å². The molecule has 0 spiro atoms. The summed E-state index contributed by atoms with van der Waals surface area (Å²) < 4.78 is 19.5. The van der Waals surface area contributed by atoms with E-state index >= 15 is 0 Å². The van der Waals surface area contributed by atoms with Gasteiger partial charge in [-0.1, -0.05) is 30.3 Å². The SMILES string of the molecule is Cc1cccc(C)c1OCC(=O)N[C@@H]1CCN(c2ccccc2F)C1=O. The van der Waals surface area contributed by atoms with Gasteiger partial charge >= 0.3 is 0 Å². The average molecular weight is 356 g/mol. The topological polar surface area (TPSA) is 58.6 Å². The number of amides is 2. The number of ether oxygens (including phenoxy) is 1. The zero-order valence-corrected chi connectivity index (χ0v) is 14.8. The second-order valence-corrected chi connectivity index (χ2v) is 6.36. The number of rotatable bonds is 5. The maximum Gasteiger partial charge on any atom is 0.258 e. The molecule has 1 N–H and O–H groups in total. The van der Waals surface area contributed by atoms with Gasteiger partial charge in [-0.05, 0) is 43.5 Å². The molecule has 26 heavy (non-hydrogen) atoms. The van der Waals surface area contributed by atoms with Gasteiger partial charge in [-0.15, -0.1) is 0 Å². The predicted octanol–water partition coefficient (Wildman–Crippen LogP) is 2.74. The minimum atomic E-state index is -0.663. The van der Waals surface area contributed by atoms with Crippen LogP contribution in [-0.2, 0) is 9.59 Å². The number of nitrogens with zero attached hydrogens (tertiary/aromatic N) is 1. The van der Waals surface area contributed by atoms with Crippen LogP contribution in [0, 0.1) is 19.7 Å². The van der Waals surface area contributed by atoms with E-state index in [1.807, 2.05) is 32.0 Å². The molecule has 1 saturated heterocycles. The number of benzene rings is 2. The zero-order valence-electron chi connectivity index (χ0n) is 14.8. The molecule has 2 aromatic rings. The van der Waals surface area contributed by atoms with Gasteiger partial charge < -0.3 is 15.0 Å². The highest BCUT2D eigenvalue weighted by atomic mass is 19.1. The van der Waals surface area contributed by atoms with Crippen molar-refractivity contribution < 1.29 is 18.7 Å². The summed E-state index contributed by atoms with van der Waals surface area (Å²) in [5, 5.41) is 2.68. The van der Waals surface area contributed by atoms with Gasteiger partial charge in [-0.25, -0.2) is 4.39 Å². The van der Waals surface area contributed by atoms with Crippen LogP contribution < -0.4 is 15.0 Å². The highest BCUT2D eigenvalue weighted by Gasteiger charge is 2.34. The maximum absolute atomic E-state index is 13.9. The van der Waals surface area contributed by atoms with E-state index in [4.69, 9.17) is 4.74 Å². The number of hydrogen-bond acceptors (Lipinski definition) is 3. The molecular formula is C20H21FN2O3. The molecule has 1 atom stereocenters. The molecular weight excluding hydrogens is 335 g/mol. The lowest BCUT2D eigenvalue weighted by molar-refractivity contribution is -0.127. The fourth-order valence-corrected chi connectivity index (χ4v) is 3.12. The van der Waals surface area contributed by atoms with Crippen LogP contribution in [0.4, 0.5) is 10.1 Å². The van der Waals surface area contributed by atoms with E-state index in [0.717, 1.165) is 11.1 Å². The minimum absolute atomic E-state index is 0.171. The van der Waals surface area contributed by atoms with Crippen molar-refractivity contribution in [3.63, 3.8) is 0 Å². The molecule has 1 aliphatic heterocycles. The van der Waals surface area contributed by atoms with E-state index in [0.29, 0.717) is 18.7 Å². The molecule has 1 heterocycles. The van der Waals surface area contributed by atoms with Crippen molar-refractivity contribution in [1.29, 1.82) is 0 Å². The van der Waals surface area contributed by atoms with Crippen molar-refractivity contribution in [3.05, 3.63) is 59.4 Å². The lowest BCUT2D eigenvalue weighted by atomic mass is 10.1. The van der Waals surface area contributed by atoms with E-state index < -0.39 is 11.9 Å². The number of carbonyl (C=O) groups excluding carboxylic acids is 2. The number of anilines is 1. The molecule has 2 aromatic carbocycles. The monoisotopic (exact) mass is 356 g/mol. The van der Waals surface area contributed by atoms with Gasteiger partial charge in [0.25, 0.3) is 5.91 Å². The fraction of sp³-hybridized carbons (Fsp3) is 0.300. The summed E-state index contributed by atoms with van der Waals surface area (Å²) >= 11 is 0. The highest BCUT2D eigenvalue weighted by Crippen LogP contribution is 2.25. The van der Waals surface area contributed by atoms with Crippen LogP contribution in [0.15, 0.2) is 42.5 Å². The molecule has 0 saturated carbocycles.